The van der Waals surface area contributed by atoms with Crippen LogP contribution < -0.4 is 0 Å². The van der Waals surface area contributed by atoms with Crippen molar-refractivity contribution in [2.24, 2.45) is 23.7 Å². The van der Waals surface area contributed by atoms with E-state index < -0.39 is 0 Å². The lowest BCUT2D eigenvalue weighted by Crippen LogP contribution is -2.45. The van der Waals surface area contributed by atoms with Crippen molar-refractivity contribution in [2.45, 2.75) is 153 Å². The molecule has 212 valence electrons. The molecule has 0 aromatic carbocycles. The summed E-state index contributed by atoms with van der Waals surface area (Å²) in [5.74, 6) is 3.52. The molecule has 2 saturated heterocycles. The quantitative estimate of drug-likeness (QED) is 0.162. The first-order valence-corrected chi connectivity index (χ1v) is 16.3. The highest BCUT2D eigenvalue weighted by Crippen LogP contribution is 2.48. The van der Waals surface area contributed by atoms with Crippen LogP contribution in [-0.2, 0) is 9.47 Å². The number of unbranched alkanes of at least 4 members (excludes halogenated alkanes) is 1. The van der Waals surface area contributed by atoms with E-state index in [4.69, 9.17) is 9.47 Å². The largest absolute Gasteiger partial charge is 0.353 e. The van der Waals surface area contributed by atoms with Gasteiger partial charge in [-0.3, -0.25) is 15.0 Å². The average molecular weight is 519 g/mol. The van der Waals surface area contributed by atoms with Gasteiger partial charge in [-0.25, -0.2) is 0 Å². The Bertz CT molecular complexity index is 685. The molecule has 5 atom stereocenters. The highest BCUT2D eigenvalue weighted by Gasteiger charge is 2.47. The highest BCUT2D eigenvalue weighted by molar-refractivity contribution is 5.00. The van der Waals surface area contributed by atoms with Crippen LogP contribution in [-0.4, -0.2) is 54.0 Å². The Morgan fingerprint density at radius 2 is 1.62 bits per heavy atom. The first-order valence-electron chi connectivity index (χ1n) is 16.3. The minimum atomic E-state index is -0.144. The normalized spacial score (nSPS) is 37.9. The van der Waals surface area contributed by atoms with Gasteiger partial charge in [0.15, 0.2) is 6.29 Å². The van der Waals surface area contributed by atoms with Gasteiger partial charge in [0, 0.05) is 36.6 Å². The van der Waals surface area contributed by atoms with E-state index in [9.17, 15) is 10.1 Å². The molecule has 5 aliphatic rings. The van der Waals surface area contributed by atoms with Gasteiger partial charge in [-0.1, -0.05) is 44.9 Å². The number of nitro groups is 1. The molecule has 0 aromatic rings. The smallest absolute Gasteiger partial charge is 0.203 e. The van der Waals surface area contributed by atoms with Crippen molar-refractivity contribution in [3.05, 3.63) is 10.1 Å². The summed E-state index contributed by atoms with van der Waals surface area (Å²) in [6.45, 7) is 2.35. The number of ether oxygens (including phenoxy) is 2. The Balaban J connectivity index is 1.14. The standard InChI is InChI=1S/C31H54N2O4/c34-33(35)20-6-4-10-25-13-19-30-29(22-25)26(14-12-24-8-2-1-3-9-24)23-32(30)27-15-17-28(18-16-27)37-31-11-5-7-21-36-31/h24-31H,1-23H2. The fourth-order valence-corrected chi connectivity index (χ4v) is 8.87. The van der Waals surface area contributed by atoms with Crippen LogP contribution in [0.5, 0.6) is 0 Å². The zero-order chi connectivity index (χ0) is 25.5. The summed E-state index contributed by atoms with van der Waals surface area (Å²) >= 11 is 0. The lowest BCUT2D eigenvalue weighted by atomic mass is 9.71. The van der Waals surface area contributed by atoms with Crippen LogP contribution in [0.1, 0.15) is 128 Å². The molecule has 0 N–H and O–H groups in total. The van der Waals surface area contributed by atoms with E-state index in [1.54, 1.807) is 0 Å². The van der Waals surface area contributed by atoms with Crippen molar-refractivity contribution in [1.29, 1.82) is 0 Å². The molecule has 3 aliphatic carbocycles. The van der Waals surface area contributed by atoms with E-state index >= 15 is 0 Å². The topological polar surface area (TPSA) is 64.8 Å². The molecule has 5 unspecified atom stereocenters. The third-order valence-electron chi connectivity index (χ3n) is 10.9. The number of likely N-dealkylation sites (tertiary alicyclic amines) is 1. The zero-order valence-corrected chi connectivity index (χ0v) is 23.4. The Morgan fingerprint density at radius 1 is 0.811 bits per heavy atom. The molecule has 2 heterocycles. The summed E-state index contributed by atoms with van der Waals surface area (Å²) in [5, 5.41) is 10.7. The molecule has 6 heteroatoms. The monoisotopic (exact) mass is 518 g/mol. The summed E-state index contributed by atoms with van der Waals surface area (Å²) in [5.41, 5.74) is 0. The van der Waals surface area contributed by atoms with Crippen LogP contribution >= 0.6 is 0 Å². The van der Waals surface area contributed by atoms with Crippen molar-refractivity contribution in [2.75, 3.05) is 19.7 Å². The molecule has 2 aliphatic heterocycles. The second-order valence-electron chi connectivity index (χ2n) is 13.4. The summed E-state index contributed by atoms with van der Waals surface area (Å²) in [7, 11) is 0. The lowest BCUT2D eigenvalue weighted by Gasteiger charge is -2.42. The van der Waals surface area contributed by atoms with Gasteiger partial charge in [0.25, 0.3) is 0 Å². The van der Waals surface area contributed by atoms with Gasteiger partial charge in [0.05, 0.1) is 6.10 Å². The molecule has 0 aromatic heterocycles. The summed E-state index contributed by atoms with van der Waals surface area (Å²) in [6, 6.07) is 1.53. The van der Waals surface area contributed by atoms with Gasteiger partial charge >= 0.3 is 0 Å². The summed E-state index contributed by atoms with van der Waals surface area (Å²) in [6.07, 6.45) is 26.2. The second-order valence-corrected chi connectivity index (χ2v) is 13.4. The summed E-state index contributed by atoms with van der Waals surface area (Å²) in [4.78, 5) is 13.6. The predicted octanol–water partition coefficient (Wildman–Crippen LogP) is 7.37. The van der Waals surface area contributed by atoms with Gasteiger partial charge in [0.2, 0.25) is 6.54 Å². The number of fused-ring (bicyclic) bond motifs is 1. The molecule has 0 spiro atoms. The van der Waals surface area contributed by atoms with Crippen molar-refractivity contribution in [3.8, 4) is 0 Å². The molecular formula is C31H54N2O4. The average Bonchev–Trinajstić information content (AvgIpc) is 3.29. The molecule has 6 nitrogen and oxygen atoms in total. The Hall–Kier alpha value is -0.720. The van der Waals surface area contributed by atoms with E-state index in [1.807, 2.05) is 0 Å². The van der Waals surface area contributed by atoms with Crippen LogP contribution in [0, 0.1) is 33.8 Å². The van der Waals surface area contributed by atoms with Crippen molar-refractivity contribution in [3.63, 3.8) is 0 Å². The zero-order valence-electron chi connectivity index (χ0n) is 23.4. The molecule has 0 bridgehead atoms. The fraction of sp³-hybridized carbons (Fsp3) is 1.00. The molecule has 3 saturated carbocycles. The Labute approximate surface area is 225 Å². The number of rotatable bonds is 11. The van der Waals surface area contributed by atoms with E-state index in [-0.39, 0.29) is 17.8 Å². The maximum absolute atomic E-state index is 10.7. The van der Waals surface area contributed by atoms with Crippen molar-refractivity contribution in [1.82, 2.24) is 4.90 Å². The van der Waals surface area contributed by atoms with E-state index in [1.165, 1.54) is 116 Å². The molecule has 37 heavy (non-hydrogen) atoms. The molecule has 0 amide bonds. The number of hydrogen-bond donors (Lipinski definition) is 0. The van der Waals surface area contributed by atoms with Gasteiger partial charge in [0.1, 0.15) is 0 Å². The van der Waals surface area contributed by atoms with E-state index in [0.717, 1.165) is 61.6 Å². The van der Waals surface area contributed by atoms with Crippen LogP contribution in [0.15, 0.2) is 0 Å². The number of nitrogens with zero attached hydrogens (tertiary/aromatic N) is 2. The van der Waals surface area contributed by atoms with Crippen molar-refractivity contribution >= 4 is 0 Å². The van der Waals surface area contributed by atoms with Gasteiger partial charge in [-0.2, -0.15) is 0 Å². The summed E-state index contributed by atoms with van der Waals surface area (Å²) < 4.78 is 12.2. The fourth-order valence-electron chi connectivity index (χ4n) is 8.87. The highest BCUT2D eigenvalue weighted by atomic mass is 16.7. The maximum Gasteiger partial charge on any atom is 0.203 e. The van der Waals surface area contributed by atoms with Gasteiger partial charge in [-0.15, -0.1) is 0 Å². The van der Waals surface area contributed by atoms with E-state index in [0.29, 0.717) is 6.10 Å². The minimum Gasteiger partial charge on any atom is -0.353 e. The van der Waals surface area contributed by atoms with Crippen LogP contribution in [0.25, 0.3) is 0 Å². The first-order chi connectivity index (χ1) is 18.2. The SMILES string of the molecule is O=[N+]([O-])CCCCC1CCC2C(C1)C(CCC1CCCCC1)CN2C1CCC(OC2CCCCO2)CC1. The van der Waals surface area contributed by atoms with Crippen molar-refractivity contribution < 1.29 is 14.4 Å². The maximum atomic E-state index is 10.7. The molecule has 5 rings (SSSR count). The molecular weight excluding hydrogens is 464 g/mol. The van der Waals surface area contributed by atoms with Crippen LogP contribution in [0.2, 0.25) is 0 Å². The first kappa shape index (κ1) is 27.8. The lowest BCUT2D eigenvalue weighted by molar-refractivity contribution is -0.480. The number of hydrogen-bond acceptors (Lipinski definition) is 5. The minimum absolute atomic E-state index is 0.0521. The Morgan fingerprint density at radius 3 is 2.38 bits per heavy atom. The predicted molar refractivity (Wildman–Crippen MR) is 147 cm³/mol. The Kier molecular flexibility index (Phi) is 10.6. The third kappa shape index (κ3) is 7.91. The third-order valence-corrected chi connectivity index (χ3v) is 10.9. The second kappa shape index (κ2) is 14.1. The van der Waals surface area contributed by atoms with Gasteiger partial charge in [-0.05, 0) is 101 Å². The van der Waals surface area contributed by atoms with E-state index in [2.05, 4.69) is 4.90 Å². The molecule has 0 radical (unpaired) electrons. The van der Waals surface area contributed by atoms with Gasteiger partial charge < -0.3 is 9.47 Å². The van der Waals surface area contributed by atoms with Crippen LogP contribution in [0.4, 0.5) is 0 Å². The molecule has 5 fully saturated rings. The van der Waals surface area contributed by atoms with Crippen LogP contribution in [0.3, 0.4) is 0 Å².